The molecule has 1 N–H and O–H groups in total. The molecule has 0 heterocycles. The fraction of sp³-hybridized carbons (Fsp3) is 0.250. The highest BCUT2D eigenvalue weighted by Crippen LogP contribution is 2.34. The van der Waals surface area contributed by atoms with Crippen molar-refractivity contribution in [1.29, 1.82) is 0 Å². The summed E-state index contributed by atoms with van der Waals surface area (Å²) in [6.07, 6.45) is 1.00. The topological polar surface area (TPSA) is 89.7 Å². The molecule has 0 saturated heterocycles. The molecule has 0 fully saturated rings. The average molecular weight is 330 g/mol. The molecular weight excluding hydrogens is 318 g/mol. The van der Waals surface area contributed by atoms with Gasteiger partial charge in [-0.25, -0.2) is 4.79 Å². The molecule has 0 bridgehead atoms. The van der Waals surface area contributed by atoms with Gasteiger partial charge in [0.25, 0.3) is 0 Å². The van der Waals surface area contributed by atoms with Crippen LogP contribution in [0.4, 0.5) is 5.69 Å². The third-order valence-electron chi connectivity index (χ3n) is 2.23. The molecule has 7 heteroatoms. The molecule has 1 aromatic rings. The van der Waals surface area contributed by atoms with E-state index in [1.807, 2.05) is 0 Å². The molecule has 0 atom stereocenters. The van der Waals surface area contributed by atoms with Crippen molar-refractivity contribution in [2.45, 2.75) is 13.8 Å². The Morgan fingerprint density at radius 1 is 1.58 bits per heavy atom. The number of hydrogen-bond acceptors (Lipinski definition) is 4. The third kappa shape index (κ3) is 4.36. The largest absolute Gasteiger partial charge is 0.482 e. The minimum absolute atomic E-state index is 0.0182. The number of carboxylic acids is 1. The van der Waals surface area contributed by atoms with Gasteiger partial charge >= 0.3 is 11.7 Å². The molecule has 0 amide bonds. The van der Waals surface area contributed by atoms with Gasteiger partial charge in [0.05, 0.1) is 4.92 Å². The number of carbonyl (C=O) groups is 1. The number of rotatable bonds is 5. The van der Waals surface area contributed by atoms with E-state index in [2.05, 4.69) is 15.9 Å². The first kappa shape index (κ1) is 15.2. The Morgan fingerprint density at radius 3 is 2.74 bits per heavy atom. The van der Waals surface area contributed by atoms with Crippen molar-refractivity contribution in [2.24, 2.45) is 0 Å². The second kappa shape index (κ2) is 6.33. The molecule has 0 aliphatic heterocycles. The first-order valence-corrected chi connectivity index (χ1v) is 6.08. The van der Waals surface area contributed by atoms with Crippen molar-refractivity contribution in [3.63, 3.8) is 0 Å². The van der Waals surface area contributed by atoms with Crippen LogP contribution in [0.3, 0.4) is 0 Å². The summed E-state index contributed by atoms with van der Waals surface area (Å²) in [7, 11) is 0. The highest BCUT2D eigenvalue weighted by Gasteiger charge is 2.19. The minimum Gasteiger partial charge on any atom is -0.482 e. The quantitative estimate of drug-likeness (QED) is 0.509. The summed E-state index contributed by atoms with van der Waals surface area (Å²) in [5.41, 5.74) is 0.906. The minimum atomic E-state index is -1.08. The summed E-state index contributed by atoms with van der Waals surface area (Å²) >= 11 is 3.18. The molecule has 6 nitrogen and oxygen atoms in total. The maximum Gasteiger partial charge on any atom is 0.328 e. The van der Waals surface area contributed by atoms with Crippen molar-refractivity contribution < 1.29 is 19.6 Å². The standard InChI is InChI=1S/C12H12BrNO5/c1-7(3-11(15)16)6-19-12-8(2)4-9(13)5-10(12)14(17)18/h3-5H,6H2,1-2H3,(H,15,16). The SMILES string of the molecule is CC(=CC(=O)O)COc1c(C)cc(Br)cc1[N+](=O)[O-]. The van der Waals surface area contributed by atoms with Gasteiger partial charge in [-0.2, -0.15) is 0 Å². The smallest absolute Gasteiger partial charge is 0.328 e. The second-order valence-corrected chi connectivity index (χ2v) is 4.86. The normalized spacial score (nSPS) is 11.2. The summed E-state index contributed by atoms with van der Waals surface area (Å²) < 4.78 is 5.94. The Balaban J connectivity index is 3.01. The lowest BCUT2D eigenvalue weighted by molar-refractivity contribution is -0.385. The molecule has 0 aromatic heterocycles. The van der Waals surface area contributed by atoms with Crippen LogP contribution < -0.4 is 4.74 Å². The number of hydrogen-bond donors (Lipinski definition) is 1. The zero-order valence-electron chi connectivity index (χ0n) is 10.3. The molecule has 1 rings (SSSR count). The zero-order chi connectivity index (χ0) is 14.6. The number of nitrogens with zero attached hydrogens (tertiary/aromatic N) is 1. The molecule has 19 heavy (non-hydrogen) atoms. The molecule has 102 valence electrons. The highest BCUT2D eigenvalue weighted by molar-refractivity contribution is 9.10. The van der Waals surface area contributed by atoms with E-state index in [1.165, 1.54) is 6.07 Å². The van der Waals surface area contributed by atoms with Crippen LogP contribution >= 0.6 is 15.9 Å². The number of ether oxygens (including phenoxy) is 1. The molecule has 0 aliphatic carbocycles. The first-order chi connectivity index (χ1) is 8.81. The van der Waals surface area contributed by atoms with Gasteiger partial charge in [0.1, 0.15) is 6.61 Å². The van der Waals surface area contributed by atoms with Crippen LogP contribution in [-0.2, 0) is 4.79 Å². The van der Waals surface area contributed by atoms with E-state index in [0.29, 0.717) is 15.6 Å². The van der Waals surface area contributed by atoms with E-state index in [-0.39, 0.29) is 18.0 Å². The number of halogens is 1. The van der Waals surface area contributed by atoms with Crippen molar-refractivity contribution in [2.75, 3.05) is 6.61 Å². The molecular formula is C12H12BrNO5. The van der Waals surface area contributed by atoms with Gasteiger partial charge in [0.2, 0.25) is 0 Å². The lowest BCUT2D eigenvalue weighted by Gasteiger charge is -2.10. The van der Waals surface area contributed by atoms with Crippen LogP contribution in [0, 0.1) is 17.0 Å². The van der Waals surface area contributed by atoms with Gasteiger partial charge in [0.15, 0.2) is 5.75 Å². The third-order valence-corrected chi connectivity index (χ3v) is 2.69. The maximum absolute atomic E-state index is 10.9. The lowest BCUT2D eigenvalue weighted by atomic mass is 10.2. The van der Waals surface area contributed by atoms with Gasteiger partial charge < -0.3 is 9.84 Å². The molecule has 0 spiro atoms. The summed E-state index contributed by atoms with van der Waals surface area (Å²) in [6, 6.07) is 3.04. The first-order valence-electron chi connectivity index (χ1n) is 5.28. The fourth-order valence-corrected chi connectivity index (χ4v) is 2.03. The average Bonchev–Trinajstić information content (AvgIpc) is 2.25. The number of aliphatic carboxylic acids is 1. The van der Waals surface area contributed by atoms with Crippen LogP contribution in [0.25, 0.3) is 0 Å². The summed E-state index contributed by atoms with van der Waals surface area (Å²) in [5, 5.41) is 19.5. The van der Waals surface area contributed by atoms with Gasteiger partial charge in [-0.1, -0.05) is 15.9 Å². The maximum atomic E-state index is 10.9. The van der Waals surface area contributed by atoms with Crippen LogP contribution in [0.2, 0.25) is 0 Å². The van der Waals surface area contributed by atoms with Crippen LogP contribution in [0.15, 0.2) is 28.3 Å². The van der Waals surface area contributed by atoms with Crippen molar-refractivity contribution in [3.8, 4) is 5.75 Å². The summed E-state index contributed by atoms with van der Waals surface area (Å²) in [4.78, 5) is 20.9. The van der Waals surface area contributed by atoms with Gasteiger partial charge in [-0.15, -0.1) is 0 Å². The molecule has 0 unspecified atom stereocenters. The predicted molar refractivity (Wildman–Crippen MR) is 72.4 cm³/mol. The Kier molecular flexibility index (Phi) is 5.05. The van der Waals surface area contributed by atoms with E-state index in [1.54, 1.807) is 19.9 Å². The Morgan fingerprint density at radius 2 is 2.21 bits per heavy atom. The zero-order valence-corrected chi connectivity index (χ0v) is 11.9. The van der Waals surface area contributed by atoms with E-state index >= 15 is 0 Å². The molecule has 1 aromatic carbocycles. The monoisotopic (exact) mass is 329 g/mol. The highest BCUT2D eigenvalue weighted by atomic mass is 79.9. The number of nitro groups is 1. The van der Waals surface area contributed by atoms with Crippen molar-refractivity contribution >= 4 is 27.6 Å². The Bertz CT molecular complexity index is 553. The molecule has 0 radical (unpaired) electrons. The molecule has 0 aliphatic rings. The lowest BCUT2D eigenvalue weighted by Crippen LogP contribution is -2.05. The van der Waals surface area contributed by atoms with Gasteiger partial charge in [-0.3, -0.25) is 10.1 Å². The van der Waals surface area contributed by atoms with E-state index in [0.717, 1.165) is 6.08 Å². The number of nitro benzene ring substituents is 1. The van der Waals surface area contributed by atoms with Crippen molar-refractivity contribution in [1.82, 2.24) is 0 Å². The van der Waals surface area contributed by atoms with E-state index in [9.17, 15) is 14.9 Å². The number of aryl methyl sites for hydroxylation is 1. The summed E-state index contributed by atoms with van der Waals surface area (Å²) in [6.45, 7) is 3.24. The van der Waals surface area contributed by atoms with E-state index in [4.69, 9.17) is 9.84 Å². The number of benzene rings is 1. The Labute approximate surface area is 118 Å². The second-order valence-electron chi connectivity index (χ2n) is 3.95. The summed E-state index contributed by atoms with van der Waals surface area (Å²) in [5.74, 6) is -0.936. The van der Waals surface area contributed by atoms with Crippen molar-refractivity contribution in [3.05, 3.63) is 43.9 Å². The predicted octanol–water partition coefficient (Wildman–Crippen LogP) is 3.08. The van der Waals surface area contributed by atoms with Crippen LogP contribution in [0.1, 0.15) is 12.5 Å². The fourth-order valence-electron chi connectivity index (χ4n) is 1.47. The Hall–Kier alpha value is -1.89. The van der Waals surface area contributed by atoms with E-state index < -0.39 is 10.9 Å². The number of carboxylic acid groups (broad SMARTS) is 1. The van der Waals surface area contributed by atoms with Crippen LogP contribution in [0.5, 0.6) is 5.75 Å². The van der Waals surface area contributed by atoms with Gasteiger partial charge in [0, 0.05) is 16.6 Å². The van der Waals surface area contributed by atoms with Gasteiger partial charge in [-0.05, 0) is 31.1 Å². The molecule has 0 saturated carbocycles. The van der Waals surface area contributed by atoms with Crippen LogP contribution in [-0.4, -0.2) is 22.6 Å².